The summed E-state index contributed by atoms with van der Waals surface area (Å²) in [6, 6.07) is 8.28. The number of benzene rings is 1. The van der Waals surface area contributed by atoms with E-state index in [-0.39, 0.29) is 12.2 Å². The third kappa shape index (κ3) is 5.84. The summed E-state index contributed by atoms with van der Waals surface area (Å²) in [6.07, 6.45) is 1.95. The molecule has 26 heavy (non-hydrogen) atoms. The van der Waals surface area contributed by atoms with Crippen LogP contribution in [0.4, 0.5) is 22.9 Å². The monoisotopic (exact) mass is 358 g/mol. The molecule has 1 aromatic carbocycles. The zero-order valence-electron chi connectivity index (χ0n) is 16.4. The largest absolute Gasteiger partial charge is 0.378 e. The second-order valence-electron chi connectivity index (χ2n) is 6.42. The first-order chi connectivity index (χ1) is 12.5. The molecule has 7 nitrogen and oxygen atoms in total. The maximum Gasteiger partial charge on any atom is 0.179 e. The number of nitrogens with one attached hydrogen (secondary N) is 2. The van der Waals surface area contributed by atoms with Gasteiger partial charge >= 0.3 is 0 Å². The van der Waals surface area contributed by atoms with Crippen LogP contribution in [0, 0.1) is 0 Å². The van der Waals surface area contributed by atoms with Crippen molar-refractivity contribution in [1.29, 1.82) is 0 Å². The van der Waals surface area contributed by atoms with Gasteiger partial charge in [0.15, 0.2) is 5.82 Å². The van der Waals surface area contributed by atoms with Gasteiger partial charge in [-0.25, -0.2) is 0 Å². The minimum atomic E-state index is 0.0852. The van der Waals surface area contributed by atoms with Crippen LogP contribution in [0.5, 0.6) is 0 Å². The number of aromatic nitrogens is 3. The Hall–Kier alpha value is -2.41. The predicted octanol–water partition coefficient (Wildman–Crippen LogP) is 3.69. The fourth-order valence-electron chi connectivity index (χ4n) is 2.76. The van der Waals surface area contributed by atoms with Crippen molar-refractivity contribution in [3.63, 3.8) is 0 Å². The Kier molecular flexibility index (Phi) is 7.59. The summed E-state index contributed by atoms with van der Waals surface area (Å²) in [4.78, 5) is 2.30. The number of ether oxygens (including phenoxy) is 1. The fraction of sp³-hybridized carbons (Fsp3) is 0.526. The zero-order chi connectivity index (χ0) is 18.9. The summed E-state index contributed by atoms with van der Waals surface area (Å²) in [5.74, 6) is 0.647. The summed E-state index contributed by atoms with van der Waals surface area (Å²) in [5, 5.41) is 18.5. The van der Waals surface area contributed by atoms with E-state index in [1.807, 2.05) is 32.9 Å². The van der Waals surface area contributed by atoms with Crippen LogP contribution in [-0.2, 0) is 4.74 Å². The van der Waals surface area contributed by atoms with E-state index >= 15 is 0 Å². The van der Waals surface area contributed by atoms with Crippen LogP contribution in [0.1, 0.15) is 34.6 Å². The molecule has 1 unspecified atom stereocenters. The molecule has 0 saturated heterocycles. The molecule has 0 aliphatic carbocycles. The second-order valence-corrected chi connectivity index (χ2v) is 6.42. The van der Waals surface area contributed by atoms with E-state index in [0.29, 0.717) is 12.4 Å². The van der Waals surface area contributed by atoms with E-state index in [9.17, 15) is 0 Å². The van der Waals surface area contributed by atoms with E-state index < -0.39 is 0 Å². The lowest BCUT2D eigenvalue weighted by Gasteiger charge is -2.22. The highest BCUT2D eigenvalue weighted by Crippen LogP contribution is 2.25. The Balaban J connectivity index is 2.09. The van der Waals surface area contributed by atoms with Crippen molar-refractivity contribution in [3.05, 3.63) is 30.5 Å². The van der Waals surface area contributed by atoms with Gasteiger partial charge in [0, 0.05) is 31.0 Å². The summed E-state index contributed by atoms with van der Waals surface area (Å²) in [7, 11) is 0. The van der Waals surface area contributed by atoms with E-state index in [2.05, 4.69) is 56.9 Å². The van der Waals surface area contributed by atoms with Gasteiger partial charge in [-0.1, -0.05) is 6.07 Å². The van der Waals surface area contributed by atoms with E-state index in [1.54, 1.807) is 6.20 Å². The lowest BCUT2D eigenvalue weighted by molar-refractivity contribution is 0.0266. The molecule has 2 N–H and O–H groups in total. The fourth-order valence-corrected chi connectivity index (χ4v) is 2.76. The zero-order valence-corrected chi connectivity index (χ0v) is 16.4. The number of rotatable bonds is 10. The van der Waals surface area contributed by atoms with Gasteiger partial charge < -0.3 is 20.3 Å². The molecule has 0 bridgehead atoms. The van der Waals surface area contributed by atoms with Crippen molar-refractivity contribution in [2.45, 2.75) is 46.8 Å². The van der Waals surface area contributed by atoms with Crippen molar-refractivity contribution in [2.24, 2.45) is 0 Å². The van der Waals surface area contributed by atoms with Gasteiger partial charge in [-0.2, -0.15) is 0 Å². The number of anilines is 4. The van der Waals surface area contributed by atoms with Crippen LogP contribution in [0.2, 0.25) is 0 Å². The standard InChI is InChI=1S/C19H30N6O/c1-6-25(7-2)17-10-8-9-16(11-17)22-19-18(13-21-24-23-19)20-12-15(5)26-14(3)4/h8-11,13-15H,6-7,12H2,1-5H3,(H,20,24)(H,21,22,23). The smallest absolute Gasteiger partial charge is 0.179 e. The number of nitrogens with zero attached hydrogens (tertiary/aromatic N) is 4. The Morgan fingerprint density at radius 3 is 2.62 bits per heavy atom. The van der Waals surface area contributed by atoms with Crippen molar-refractivity contribution in [1.82, 2.24) is 15.4 Å². The maximum atomic E-state index is 5.75. The van der Waals surface area contributed by atoms with Crippen molar-refractivity contribution in [2.75, 3.05) is 35.2 Å². The Morgan fingerprint density at radius 2 is 1.92 bits per heavy atom. The SMILES string of the molecule is CCN(CC)c1cccc(Nc2nnncc2NCC(C)OC(C)C)c1. The average molecular weight is 358 g/mol. The first-order valence-corrected chi connectivity index (χ1v) is 9.23. The summed E-state index contributed by atoms with van der Waals surface area (Å²) >= 11 is 0. The molecule has 7 heteroatoms. The highest BCUT2D eigenvalue weighted by atomic mass is 16.5. The van der Waals surface area contributed by atoms with Crippen LogP contribution in [0.3, 0.4) is 0 Å². The minimum absolute atomic E-state index is 0.0852. The molecule has 0 fully saturated rings. The summed E-state index contributed by atoms with van der Waals surface area (Å²) in [6.45, 7) is 13.0. The molecule has 1 atom stereocenters. The molecule has 2 rings (SSSR count). The molecule has 0 spiro atoms. The highest BCUT2D eigenvalue weighted by Gasteiger charge is 2.10. The molecule has 0 aliphatic heterocycles. The summed E-state index contributed by atoms with van der Waals surface area (Å²) < 4.78 is 5.75. The predicted molar refractivity (Wildman–Crippen MR) is 107 cm³/mol. The minimum Gasteiger partial charge on any atom is -0.378 e. The lowest BCUT2D eigenvalue weighted by Crippen LogP contribution is -2.23. The first-order valence-electron chi connectivity index (χ1n) is 9.23. The van der Waals surface area contributed by atoms with Crippen LogP contribution >= 0.6 is 0 Å². The molecular weight excluding hydrogens is 328 g/mol. The molecule has 2 aromatic rings. The van der Waals surface area contributed by atoms with Gasteiger partial charge in [0.25, 0.3) is 0 Å². The van der Waals surface area contributed by atoms with Crippen LogP contribution in [0.25, 0.3) is 0 Å². The van der Waals surface area contributed by atoms with Crippen LogP contribution < -0.4 is 15.5 Å². The molecule has 0 saturated carbocycles. The average Bonchev–Trinajstić information content (AvgIpc) is 2.62. The Morgan fingerprint density at radius 1 is 1.15 bits per heavy atom. The van der Waals surface area contributed by atoms with Crippen molar-refractivity contribution in [3.8, 4) is 0 Å². The van der Waals surface area contributed by atoms with E-state index in [4.69, 9.17) is 4.74 Å². The van der Waals surface area contributed by atoms with Crippen LogP contribution in [-0.4, -0.2) is 47.3 Å². The highest BCUT2D eigenvalue weighted by molar-refractivity contribution is 5.71. The second kappa shape index (κ2) is 9.91. The topological polar surface area (TPSA) is 75.2 Å². The molecular formula is C19H30N6O. The molecule has 1 heterocycles. The lowest BCUT2D eigenvalue weighted by atomic mass is 10.2. The van der Waals surface area contributed by atoms with Gasteiger partial charge in [-0.05, 0) is 58.0 Å². The van der Waals surface area contributed by atoms with Gasteiger partial charge in [-0.3, -0.25) is 0 Å². The van der Waals surface area contributed by atoms with Gasteiger partial charge in [0.2, 0.25) is 0 Å². The van der Waals surface area contributed by atoms with Crippen molar-refractivity contribution < 1.29 is 4.74 Å². The molecule has 0 aliphatic rings. The first kappa shape index (κ1) is 19.9. The Labute approximate surface area is 156 Å². The number of hydrogen-bond acceptors (Lipinski definition) is 7. The quantitative estimate of drug-likeness (QED) is 0.671. The summed E-state index contributed by atoms with van der Waals surface area (Å²) in [5.41, 5.74) is 2.94. The molecule has 0 amide bonds. The maximum absolute atomic E-state index is 5.75. The van der Waals surface area contributed by atoms with Gasteiger partial charge in [0.1, 0.15) is 5.69 Å². The third-order valence-corrected chi connectivity index (χ3v) is 3.96. The van der Waals surface area contributed by atoms with E-state index in [0.717, 1.165) is 24.5 Å². The van der Waals surface area contributed by atoms with Gasteiger partial charge in [-0.15, -0.1) is 10.2 Å². The molecule has 142 valence electrons. The van der Waals surface area contributed by atoms with Crippen molar-refractivity contribution >= 4 is 22.9 Å². The normalized spacial score (nSPS) is 12.1. The third-order valence-electron chi connectivity index (χ3n) is 3.96. The van der Waals surface area contributed by atoms with Gasteiger partial charge in [0.05, 0.1) is 18.4 Å². The van der Waals surface area contributed by atoms with E-state index in [1.165, 1.54) is 5.69 Å². The number of hydrogen-bond donors (Lipinski definition) is 2. The van der Waals surface area contributed by atoms with Crippen LogP contribution in [0.15, 0.2) is 30.5 Å². The Bertz CT molecular complexity index is 675. The molecule has 1 aromatic heterocycles. The molecule has 0 radical (unpaired) electrons.